The second-order valence-electron chi connectivity index (χ2n) is 6.28. The van der Waals surface area contributed by atoms with Crippen molar-refractivity contribution in [1.29, 1.82) is 0 Å². The highest BCUT2D eigenvalue weighted by atomic mass is 32.1. The Balaban J connectivity index is 1.44. The van der Waals surface area contributed by atoms with Crippen LogP contribution in [0.4, 0.5) is 4.79 Å². The summed E-state index contributed by atoms with van der Waals surface area (Å²) in [5.74, 6) is 0.305. The Bertz CT molecular complexity index is 532. The molecule has 3 rings (SSSR count). The minimum absolute atomic E-state index is 0.0504. The number of piperazine rings is 1. The summed E-state index contributed by atoms with van der Waals surface area (Å²) in [5, 5.41) is 2.10. The number of piperidine rings is 1. The van der Waals surface area contributed by atoms with Crippen LogP contribution in [0, 0.1) is 5.92 Å². The second-order valence-corrected chi connectivity index (χ2v) is 7.31. The molecule has 126 valence electrons. The molecule has 0 aromatic carbocycles. The van der Waals surface area contributed by atoms with Gasteiger partial charge in [-0.2, -0.15) is 0 Å². The van der Waals surface area contributed by atoms with E-state index >= 15 is 0 Å². The predicted molar refractivity (Wildman–Crippen MR) is 90.1 cm³/mol. The number of nitrogens with two attached hydrogens (primary N) is 1. The van der Waals surface area contributed by atoms with Crippen molar-refractivity contribution in [3.8, 4) is 0 Å². The van der Waals surface area contributed by atoms with Crippen LogP contribution in [0.25, 0.3) is 0 Å². The topological polar surface area (TPSA) is 69.9 Å². The molecular weight excluding hydrogens is 312 g/mol. The Morgan fingerprint density at radius 1 is 1.09 bits per heavy atom. The van der Waals surface area contributed by atoms with Gasteiger partial charge < -0.3 is 15.5 Å². The van der Waals surface area contributed by atoms with Crippen LogP contribution in [0.3, 0.4) is 0 Å². The summed E-state index contributed by atoms with van der Waals surface area (Å²) in [5.41, 5.74) is 5.29. The molecule has 2 N–H and O–H groups in total. The van der Waals surface area contributed by atoms with E-state index in [1.807, 2.05) is 4.90 Å². The highest BCUT2D eigenvalue weighted by molar-refractivity contribution is 7.09. The van der Waals surface area contributed by atoms with Crippen LogP contribution in [0.2, 0.25) is 0 Å². The largest absolute Gasteiger partial charge is 0.351 e. The molecule has 2 fully saturated rings. The lowest BCUT2D eigenvalue weighted by Crippen LogP contribution is -2.52. The maximum absolute atomic E-state index is 12.6. The molecule has 0 radical (unpaired) electrons. The number of carbonyl (C=O) groups is 2. The normalized spacial score (nSPS) is 20.7. The minimum atomic E-state index is -0.377. The first-order valence-electron chi connectivity index (χ1n) is 8.21. The molecular formula is C16H24N4O2S. The standard InChI is InChI=1S/C16H24N4O2S/c17-16(22)20-5-3-13(4-6-20)15(21)19-9-7-18(8-10-19)12-14-2-1-11-23-14/h1-2,11,13H,3-10,12H2,(H2,17,22). The number of urea groups is 1. The van der Waals surface area contributed by atoms with Gasteiger partial charge >= 0.3 is 6.03 Å². The second kappa shape index (κ2) is 7.31. The smallest absolute Gasteiger partial charge is 0.314 e. The molecule has 23 heavy (non-hydrogen) atoms. The van der Waals surface area contributed by atoms with Crippen molar-refractivity contribution >= 4 is 23.3 Å². The number of nitrogens with zero attached hydrogens (tertiary/aromatic N) is 3. The van der Waals surface area contributed by atoms with Gasteiger partial charge in [0.15, 0.2) is 0 Å². The Hall–Kier alpha value is -1.60. The SMILES string of the molecule is NC(=O)N1CCC(C(=O)N2CCN(Cc3cccs3)CC2)CC1. The fraction of sp³-hybridized carbons (Fsp3) is 0.625. The lowest BCUT2D eigenvalue weighted by atomic mass is 9.95. The van der Waals surface area contributed by atoms with E-state index in [1.54, 1.807) is 16.2 Å². The Morgan fingerprint density at radius 3 is 2.35 bits per heavy atom. The van der Waals surface area contributed by atoms with Gasteiger partial charge in [-0.15, -0.1) is 11.3 Å². The first-order chi connectivity index (χ1) is 11.1. The number of rotatable bonds is 3. The third-order valence-corrected chi connectivity index (χ3v) is 5.66. The van der Waals surface area contributed by atoms with Crippen LogP contribution in [0.1, 0.15) is 17.7 Å². The van der Waals surface area contributed by atoms with Crippen molar-refractivity contribution in [2.24, 2.45) is 11.7 Å². The third kappa shape index (κ3) is 4.03. The summed E-state index contributed by atoms with van der Waals surface area (Å²) in [4.78, 5) is 31.2. The zero-order valence-electron chi connectivity index (χ0n) is 13.3. The fourth-order valence-corrected chi connectivity index (χ4v) is 4.10. The molecule has 0 aliphatic carbocycles. The molecule has 1 aromatic heterocycles. The maximum Gasteiger partial charge on any atom is 0.314 e. The number of thiophene rings is 1. The number of hydrogen-bond donors (Lipinski definition) is 1. The summed E-state index contributed by atoms with van der Waals surface area (Å²) in [7, 11) is 0. The van der Waals surface area contributed by atoms with Gasteiger partial charge in [0.2, 0.25) is 5.91 Å². The molecule has 7 heteroatoms. The Morgan fingerprint density at radius 2 is 1.78 bits per heavy atom. The summed E-state index contributed by atoms with van der Waals surface area (Å²) in [6.07, 6.45) is 1.47. The van der Waals surface area contributed by atoms with E-state index in [4.69, 9.17) is 5.73 Å². The van der Waals surface area contributed by atoms with E-state index < -0.39 is 0 Å². The molecule has 0 spiro atoms. The van der Waals surface area contributed by atoms with E-state index in [9.17, 15) is 9.59 Å². The number of amides is 3. The molecule has 0 bridgehead atoms. The van der Waals surface area contributed by atoms with Crippen molar-refractivity contribution < 1.29 is 9.59 Å². The molecule has 1 aromatic rings. The van der Waals surface area contributed by atoms with Gasteiger partial charge in [-0.3, -0.25) is 9.69 Å². The third-order valence-electron chi connectivity index (χ3n) is 4.80. The molecule has 0 unspecified atom stereocenters. The van der Waals surface area contributed by atoms with E-state index in [-0.39, 0.29) is 17.9 Å². The van der Waals surface area contributed by atoms with Crippen molar-refractivity contribution in [3.63, 3.8) is 0 Å². The molecule has 2 aliphatic heterocycles. The van der Waals surface area contributed by atoms with Crippen LogP contribution in [0.5, 0.6) is 0 Å². The summed E-state index contributed by atoms with van der Waals surface area (Å²) in [6.45, 7) is 5.67. The monoisotopic (exact) mass is 336 g/mol. The van der Waals surface area contributed by atoms with Gasteiger partial charge in [0.25, 0.3) is 0 Å². The zero-order valence-corrected chi connectivity index (χ0v) is 14.1. The highest BCUT2D eigenvalue weighted by Gasteiger charge is 2.31. The fourth-order valence-electron chi connectivity index (χ4n) is 3.35. The van der Waals surface area contributed by atoms with E-state index in [0.29, 0.717) is 13.1 Å². The first kappa shape index (κ1) is 16.3. The van der Waals surface area contributed by atoms with Crippen molar-refractivity contribution in [2.75, 3.05) is 39.3 Å². The van der Waals surface area contributed by atoms with Crippen LogP contribution in [-0.2, 0) is 11.3 Å². The number of likely N-dealkylation sites (tertiary alicyclic amines) is 1. The van der Waals surface area contributed by atoms with Gasteiger partial charge in [0.1, 0.15) is 0 Å². The molecule has 6 nitrogen and oxygen atoms in total. The predicted octanol–water partition coefficient (Wildman–Crippen LogP) is 1.18. The van der Waals surface area contributed by atoms with Crippen molar-refractivity contribution in [2.45, 2.75) is 19.4 Å². The Labute approximate surface area is 140 Å². The first-order valence-corrected chi connectivity index (χ1v) is 9.09. The van der Waals surface area contributed by atoms with Crippen molar-refractivity contribution in [3.05, 3.63) is 22.4 Å². The number of carbonyl (C=O) groups excluding carboxylic acids is 2. The van der Waals surface area contributed by atoms with Crippen LogP contribution in [0.15, 0.2) is 17.5 Å². The molecule has 0 atom stereocenters. The van der Waals surface area contributed by atoms with Gasteiger partial charge in [0.05, 0.1) is 0 Å². The molecule has 3 heterocycles. The van der Waals surface area contributed by atoms with Gasteiger partial charge in [-0.25, -0.2) is 4.79 Å². The molecule has 3 amide bonds. The average Bonchev–Trinajstić information content (AvgIpc) is 3.08. The molecule has 2 saturated heterocycles. The zero-order chi connectivity index (χ0) is 16.2. The van der Waals surface area contributed by atoms with Crippen molar-refractivity contribution in [1.82, 2.24) is 14.7 Å². The highest BCUT2D eigenvalue weighted by Crippen LogP contribution is 2.21. The van der Waals surface area contributed by atoms with Gasteiger partial charge in [-0.05, 0) is 24.3 Å². The number of primary amides is 1. The van der Waals surface area contributed by atoms with Crippen LogP contribution >= 0.6 is 11.3 Å². The van der Waals surface area contributed by atoms with E-state index in [1.165, 1.54) is 4.88 Å². The van der Waals surface area contributed by atoms with Gasteiger partial charge in [0, 0.05) is 56.6 Å². The van der Waals surface area contributed by atoms with Gasteiger partial charge in [-0.1, -0.05) is 6.07 Å². The maximum atomic E-state index is 12.6. The summed E-state index contributed by atoms with van der Waals surface area (Å²) in [6, 6.07) is 3.87. The number of hydrogen-bond acceptors (Lipinski definition) is 4. The van der Waals surface area contributed by atoms with E-state index in [2.05, 4.69) is 22.4 Å². The molecule has 0 saturated carbocycles. The van der Waals surface area contributed by atoms with Crippen LogP contribution < -0.4 is 5.73 Å². The summed E-state index contributed by atoms with van der Waals surface area (Å²) >= 11 is 1.78. The lowest BCUT2D eigenvalue weighted by molar-refractivity contribution is -0.138. The Kier molecular flexibility index (Phi) is 5.17. The summed E-state index contributed by atoms with van der Waals surface area (Å²) < 4.78 is 0. The van der Waals surface area contributed by atoms with E-state index in [0.717, 1.165) is 45.6 Å². The molecule has 2 aliphatic rings. The lowest BCUT2D eigenvalue weighted by Gasteiger charge is -2.38. The van der Waals surface area contributed by atoms with Crippen LogP contribution in [-0.4, -0.2) is 65.9 Å². The average molecular weight is 336 g/mol. The minimum Gasteiger partial charge on any atom is -0.351 e. The quantitative estimate of drug-likeness (QED) is 0.901.